The van der Waals surface area contributed by atoms with Crippen molar-refractivity contribution in [3.05, 3.63) is 49.3 Å². The van der Waals surface area contributed by atoms with E-state index >= 15 is 0 Å². The third-order valence-corrected chi connectivity index (χ3v) is 3.70. The fourth-order valence-electron chi connectivity index (χ4n) is 1.64. The van der Waals surface area contributed by atoms with Crippen LogP contribution in [0, 0.1) is 15.9 Å². The topological polar surface area (TPSA) is 90.1 Å². The van der Waals surface area contributed by atoms with Gasteiger partial charge in [-0.2, -0.15) is 4.68 Å². The lowest BCUT2D eigenvalue weighted by molar-refractivity contribution is -0.390. The standard InChI is InChI=1S/C12H9Br2FN4O3/c13-7-1-2-10(9(15)5-7)16-11(20)3-4-18-6-8(14)12(17-18)19(21)22/h1-2,5-6H,3-4H2,(H,16,20). The minimum Gasteiger partial charge on any atom is -0.358 e. The van der Waals surface area contributed by atoms with Gasteiger partial charge in [0.2, 0.25) is 5.91 Å². The quantitative estimate of drug-likeness (QED) is 0.574. The zero-order chi connectivity index (χ0) is 16.3. The summed E-state index contributed by atoms with van der Waals surface area (Å²) in [6, 6.07) is 4.28. The van der Waals surface area contributed by atoms with Crippen LogP contribution >= 0.6 is 31.9 Å². The van der Waals surface area contributed by atoms with Crippen LogP contribution in [0.1, 0.15) is 6.42 Å². The maximum absolute atomic E-state index is 13.6. The normalized spacial score (nSPS) is 10.5. The second kappa shape index (κ2) is 6.97. The molecule has 0 bridgehead atoms. The van der Waals surface area contributed by atoms with E-state index in [0.29, 0.717) is 4.47 Å². The Hall–Kier alpha value is -1.81. The highest BCUT2D eigenvalue weighted by Crippen LogP contribution is 2.22. The van der Waals surface area contributed by atoms with Crippen LogP contribution in [0.15, 0.2) is 33.3 Å². The van der Waals surface area contributed by atoms with Gasteiger partial charge in [0.15, 0.2) is 0 Å². The molecule has 1 aromatic heterocycles. The molecular formula is C12H9Br2FN4O3. The van der Waals surface area contributed by atoms with Gasteiger partial charge in [-0.25, -0.2) is 4.39 Å². The van der Waals surface area contributed by atoms with E-state index in [4.69, 9.17) is 0 Å². The molecule has 22 heavy (non-hydrogen) atoms. The molecule has 2 rings (SSSR count). The van der Waals surface area contributed by atoms with Crippen LogP contribution in [0.2, 0.25) is 0 Å². The van der Waals surface area contributed by atoms with E-state index in [1.54, 1.807) is 6.07 Å². The first-order valence-electron chi connectivity index (χ1n) is 5.99. The molecule has 7 nitrogen and oxygen atoms in total. The van der Waals surface area contributed by atoms with Crippen molar-refractivity contribution in [2.24, 2.45) is 0 Å². The maximum atomic E-state index is 13.6. The van der Waals surface area contributed by atoms with E-state index in [0.717, 1.165) is 0 Å². The summed E-state index contributed by atoms with van der Waals surface area (Å²) in [5.74, 6) is -1.30. The van der Waals surface area contributed by atoms with Gasteiger partial charge in [0.25, 0.3) is 0 Å². The third kappa shape index (κ3) is 4.10. The number of anilines is 1. The largest absolute Gasteiger partial charge is 0.404 e. The number of nitro groups is 1. The number of nitrogens with one attached hydrogen (secondary N) is 1. The minimum absolute atomic E-state index is 0.000772. The Morgan fingerprint density at radius 3 is 2.77 bits per heavy atom. The Balaban J connectivity index is 1.95. The molecule has 0 unspecified atom stereocenters. The van der Waals surface area contributed by atoms with E-state index in [9.17, 15) is 19.3 Å². The maximum Gasteiger partial charge on any atom is 0.404 e. The number of amides is 1. The molecule has 1 aromatic carbocycles. The van der Waals surface area contributed by atoms with Crippen LogP contribution in [0.4, 0.5) is 15.9 Å². The Bertz CT molecular complexity index is 735. The molecule has 0 fully saturated rings. The Kier molecular flexibility index (Phi) is 5.24. The molecule has 1 heterocycles. The first kappa shape index (κ1) is 16.6. The molecule has 0 aliphatic rings. The highest BCUT2D eigenvalue weighted by molar-refractivity contribution is 9.10. The molecule has 0 aliphatic heterocycles. The van der Waals surface area contributed by atoms with Gasteiger partial charge < -0.3 is 15.4 Å². The summed E-state index contributed by atoms with van der Waals surface area (Å²) < 4.78 is 15.7. The van der Waals surface area contributed by atoms with E-state index < -0.39 is 16.6 Å². The SMILES string of the molecule is O=C(CCn1cc(Br)c([N+](=O)[O-])n1)Nc1ccc(Br)cc1F. The van der Waals surface area contributed by atoms with Crippen LogP contribution in [0.25, 0.3) is 0 Å². The van der Waals surface area contributed by atoms with Gasteiger partial charge in [0.1, 0.15) is 10.3 Å². The van der Waals surface area contributed by atoms with Crippen molar-refractivity contribution >= 4 is 49.3 Å². The van der Waals surface area contributed by atoms with Crippen molar-refractivity contribution in [3.63, 3.8) is 0 Å². The van der Waals surface area contributed by atoms with Crippen molar-refractivity contribution < 1.29 is 14.1 Å². The lowest BCUT2D eigenvalue weighted by Crippen LogP contribution is -2.15. The fourth-order valence-corrected chi connectivity index (χ4v) is 2.44. The number of benzene rings is 1. The predicted octanol–water partition coefficient (Wildman–Crippen LogP) is 3.48. The van der Waals surface area contributed by atoms with Gasteiger partial charge in [-0.1, -0.05) is 15.9 Å². The molecule has 0 saturated carbocycles. The van der Waals surface area contributed by atoms with E-state index in [2.05, 4.69) is 42.3 Å². The zero-order valence-corrected chi connectivity index (χ0v) is 14.1. The smallest absolute Gasteiger partial charge is 0.358 e. The van der Waals surface area contributed by atoms with Crippen molar-refractivity contribution in [1.82, 2.24) is 9.78 Å². The summed E-state index contributed by atoms with van der Waals surface area (Å²) in [7, 11) is 0. The first-order chi connectivity index (χ1) is 10.4. The number of nitrogens with zero attached hydrogens (tertiary/aromatic N) is 3. The summed E-state index contributed by atoms with van der Waals surface area (Å²) in [6.07, 6.45) is 1.41. The number of carbonyl (C=O) groups is 1. The molecule has 1 N–H and O–H groups in total. The zero-order valence-electron chi connectivity index (χ0n) is 10.9. The van der Waals surface area contributed by atoms with Crippen LogP contribution in [-0.2, 0) is 11.3 Å². The molecular weight excluding hydrogens is 427 g/mol. The number of rotatable bonds is 5. The second-order valence-corrected chi connectivity index (χ2v) is 6.01. The average molecular weight is 436 g/mol. The predicted molar refractivity (Wildman–Crippen MR) is 83.9 cm³/mol. The first-order valence-corrected chi connectivity index (χ1v) is 7.57. The van der Waals surface area contributed by atoms with Crippen LogP contribution in [-0.4, -0.2) is 20.6 Å². The number of halogens is 3. The molecule has 0 saturated heterocycles. The van der Waals surface area contributed by atoms with Gasteiger partial charge in [0, 0.05) is 10.9 Å². The number of hydrogen-bond acceptors (Lipinski definition) is 4. The van der Waals surface area contributed by atoms with Crippen molar-refractivity contribution in [3.8, 4) is 0 Å². The van der Waals surface area contributed by atoms with Crippen molar-refractivity contribution in [2.45, 2.75) is 13.0 Å². The summed E-state index contributed by atoms with van der Waals surface area (Å²) in [5, 5.41) is 16.8. The molecule has 10 heteroatoms. The summed E-state index contributed by atoms with van der Waals surface area (Å²) >= 11 is 6.14. The highest BCUT2D eigenvalue weighted by atomic mass is 79.9. The summed E-state index contributed by atoms with van der Waals surface area (Å²) in [4.78, 5) is 21.8. The van der Waals surface area contributed by atoms with Gasteiger partial charge in [-0.05, 0) is 39.1 Å². The minimum atomic E-state index is -0.627. The van der Waals surface area contributed by atoms with Crippen LogP contribution in [0.5, 0.6) is 0 Å². The molecule has 0 radical (unpaired) electrons. The fraction of sp³-hybridized carbons (Fsp3) is 0.167. The molecule has 116 valence electrons. The molecule has 1 amide bonds. The summed E-state index contributed by atoms with van der Waals surface area (Å²) in [6.45, 7) is 0.135. The van der Waals surface area contributed by atoms with Gasteiger partial charge in [-0.3, -0.25) is 4.79 Å². The second-order valence-electron chi connectivity index (χ2n) is 4.24. The van der Waals surface area contributed by atoms with E-state index in [1.165, 1.54) is 23.0 Å². The number of carbonyl (C=O) groups excluding carboxylic acids is 1. The lowest BCUT2D eigenvalue weighted by atomic mass is 10.3. The monoisotopic (exact) mass is 434 g/mol. The third-order valence-electron chi connectivity index (χ3n) is 2.65. The highest BCUT2D eigenvalue weighted by Gasteiger charge is 2.19. The Morgan fingerprint density at radius 1 is 1.45 bits per heavy atom. The Labute approximate surface area is 140 Å². The number of hydrogen-bond donors (Lipinski definition) is 1. The molecule has 0 atom stereocenters. The van der Waals surface area contributed by atoms with Gasteiger partial charge in [0.05, 0.1) is 23.5 Å². The van der Waals surface area contributed by atoms with Crippen LogP contribution < -0.4 is 5.32 Å². The van der Waals surface area contributed by atoms with Crippen molar-refractivity contribution in [1.29, 1.82) is 0 Å². The molecule has 0 spiro atoms. The van der Waals surface area contributed by atoms with Gasteiger partial charge >= 0.3 is 5.82 Å². The summed E-state index contributed by atoms with van der Waals surface area (Å²) in [5.41, 5.74) is 0.0702. The lowest BCUT2D eigenvalue weighted by Gasteiger charge is -2.06. The molecule has 0 aliphatic carbocycles. The Morgan fingerprint density at radius 2 is 2.18 bits per heavy atom. The number of aryl methyl sites for hydroxylation is 1. The molecule has 2 aromatic rings. The number of aromatic nitrogens is 2. The van der Waals surface area contributed by atoms with E-state index in [1.807, 2.05) is 0 Å². The average Bonchev–Trinajstić information content (AvgIpc) is 2.81. The van der Waals surface area contributed by atoms with Gasteiger partial charge in [-0.15, -0.1) is 0 Å². The van der Waals surface area contributed by atoms with E-state index in [-0.39, 0.29) is 28.9 Å². The van der Waals surface area contributed by atoms with Crippen molar-refractivity contribution in [2.75, 3.05) is 5.32 Å². The van der Waals surface area contributed by atoms with Crippen LogP contribution in [0.3, 0.4) is 0 Å².